The first-order valence-corrected chi connectivity index (χ1v) is 6.63. The summed E-state index contributed by atoms with van der Waals surface area (Å²) in [6.07, 6.45) is 5.10. The van der Waals surface area contributed by atoms with Crippen molar-refractivity contribution in [2.45, 2.75) is 6.42 Å². The van der Waals surface area contributed by atoms with Crippen LogP contribution in [-0.4, -0.2) is 11.8 Å². The predicted molar refractivity (Wildman–Crippen MR) is 71.4 cm³/mol. The van der Waals surface area contributed by atoms with Crippen LogP contribution < -0.4 is 10.6 Å². The molecule has 1 saturated carbocycles. The van der Waals surface area contributed by atoms with E-state index in [2.05, 4.69) is 22.8 Å². The quantitative estimate of drug-likeness (QED) is 0.696. The smallest absolute Gasteiger partial charge is 0.228 e. The van der Waals surface area contributed by atoms with E-state index in [0.717, 1.165) is 6.42 Å². The summed E-state index contributed by atoms with van der Waals surface area (Å²) in [5, 5.41) is 5.90. The van der Waals surface area contributed by atoms with Crippen molar-refractivity contribution in [1.29, 1.82) is 0 Å². The average Bonchev–Trinajstić information content (AvgIpc) is 2.99. The minimum atomic E-state index is -0.219. The van der Waals surface area contributed by atoms with E-state index in [1.807, 2.05) is 24.3 Å². The normalized spacial score (nSPS) is 34.9. The lowest BCUT2D eigenvalue weighted by Crippen LogP contribution is -2.41. The molecule has 0 aromatic heterocycles. The van der Waals surface area contributed by atoms with Gasteiger partial charge in [0.05, 0.1) is 23.2 Å². The van der Waals surface area contributed by atoms with Gasteiger partial charge >= 0.3 is 0 Å². The summed E-state index contributed by atoms with van der Waals surface area (Å²) in [5.74, 6) is -0.0583. The molecule has 1 aromatic carbocycles. The molecule has 4 heteroatoms. The van der Waals surface area contributed by atoms with E-state index in [-0.39, 0.29) is 35.5 Å². The maximum atomic E-state index is 12.4. The van der Waals surface area contributed by atoms with Gasteiger partial charge in [0.25, 0.3) is 0 Å². The van der Waals surface area contributed by atoms with Gasteiger partial charge in [0.15, 0.2) is 0 Å². The number of amides is 2. The van der Waals surface area contributed by atoms with E-state index in [1.54, 1.807) is 0 Å². The van der Waals surface area contributed by atoms with Crippen LogP contribution in [-0.2, 0) is 9.59 Å². The second kappa shape index (κ2) is 3.70. The van der Waals surface area contributed by atoms with E-state index in [9.17, 15) is 9.59 Å². The maximum absolute atomic E-state index is 12.4. The number of rotatable bonds is 0. The second-order valence-corrected chi connectivity index (χ2v) is 5.52. The molecule has 2 aliphatic carbocycles. The zero-order valence-corrected chi connectivity index (χ0v) is 10.3. The van der Waals surface area contributed by atoms with Crippen LogP contribution in [0.15, 0.2) is 36.4 Å². The highest BCUT2D eigenvalue weighted by molar-refractivity contribution is 6.06. The van der Waals surface area contributed by atoms with Crippen molar-refractivity contribution in [2.24, 2.45) is 23.7 Å². The van der Waals surface area contributed by atoms with Gasteiger partial charge in [-0.05, 0) is 30.4 Å². The van der Waals surface area contributed by atoms with Crippen molar-refractivity contribution in [1.82, 2.24) is 0 Å². The second-order valence-electron chi connectivity index (χ2n) is 5.52. The van der Waals surface area contributed by atoms with Gasteiger partial charge in [-0.1, -0.05) is 24.3 Å². The van der Waals surface area contributed by atoms with E-state index < -0.39 is 0 Å². The zero-order valence-electron chi connectivity index (χ0n) is 10.3. The number of benzene rings is 1. The summed E-state index contributed by atoms with van der Waals surface area (Å²) in [5.41, 5.74) is 1.37. The molecule has 4 rings (SSSR count). The first-order chi connectivity index (χ1) is 9.24. The van der Waals surface area contributed by atoms with Crippen LogP contribution in [0.4, 0.5) is 11.4 Å². The molecule has 3 aliphatic rings. The molecule has 2 bridgehead atoms. The molecule has 1 aliphatic heterocycles. The number of allylic oxidation sites excluding steroid dienone is 2. The number of carbonyl (C=O) groups is 2. The van der Waals surface area contributed by atoms with Gasteiger partial charge in [-0.2, -0.15) is 0 Å². The Morgan fingerprint density at radius 3 is 1.79 bits per heavy atom. The molecule has 2 N–H and O–H groups in total. The van der Waals surface area contributed by atoms with Crippen LogP contribution in [0.1, 0.15) is 6.42 Å². The highest BCUT2D eigenvalue weighted by Crippen LogP contribution is 2.49. The van der Waals surface area contributed by atoms with Crippen molar-refractivity contribution >= 4 is 23.2 Å². The third kappa shape index (κ3) is 1.46. The molecule has 2 amide bonds. The number of para-hydroxylation sites is 2. The Balaban J connectivity index is 1.80. The zero-order chi connectivity index (χ0) is 13.0. The Bertz CT molecular complexity index is 557. The summed E-state index contributed by atoms with van der Waals surface area (Å²) in [4.78, 5) is 24.8. The van der Waals surface area contributed by atoms with Gasteiger partial charge in [-0.15, -0.1) is 0 Å². The third-order valence-corrected chi connectivity index (χ3v) is 4.51. The lowest BCUT2D eigenvalue weighted by Gasteiger charge is -2.29. The molecule has 0 unspecified atom stereocenters. The minimum absolute atomic E-state index is 0.0239. The number of hydrogen-bond acceptors (Lipinski definition) is 2. The Kier molecular flexibility index (Phi) is 2.10. The Morgan fingerprint density at radius 1 is 0.842 bits per heavy atom. The minimum Gasteiger partial charge on any atom is -0.324 e. The fourth-order valence-electron chi connectivity index (χ4n) is 3.67. The molecule has 1 aromatic rings. The molecule has 1 heterocycles. The summed E-state index contributed by atoms with van der Waals surface area (Å²) in [6.45, 7) is 0. The summed E-state index contributed by atoms with van der Waals surface area (Å²) in [7, 11) is 0. The number of nitrogens with one attached hydrogen (secondary N) is 2. The van der Waals surface area contributed by atoms with Crippen molar-refractivity contribution in [3.63, 3.8) is 0 Å². The van der Waals surface area contributed by atoms with Crippen LogP contribution in [0.2, 0.25) is 0 Å². The monoisotopic (exact) mass is 254 g/mol. The van der Waals surface area contributed by atoms with Crippen LogP contribution >= 0.6 is 0 Å². The summed E-state index contributed by atoms with van der Waals surface area (Å²) >= 11 is 0. The summed E-state index contributed by atoms with van der Waals surface area (Å²) in [6, 6.07) is 7.34. The number of anilines is 2. The summed E-state index contributed by atoms with van der Waals surface area (Å²) < 4.78 is 0. The third-order valence-electron chi connectivity index (χ3n) is 4.51. The van der Waals surface area contributed by atoms with Crippen molar-refractivity contribution in [3.8, 4) is 0 Å². The van der Waals surface area contributed by atoms with Crippen LogP contribution in [0.5, 0.6) is 0 Å². The standard InChI is InChI=1S/C15H14N2O2/c18-14-12-8-5-6-9(7-8)13(12)15(19)17-11-4-2-1-3-10(11)16-14/h1-6,8-9,12-13H,7H2,(H,16,18)(H,17,19)/t8-,9-,12+,13+/m0/s1. The SMILES string of the molecule is O=C1Nc2ccccc2NC(=O)[C@H]2[C@H]1[C@H]1C=C[C@H]2C1. The lowest BCUT2D eigenvalue weighted by atomic mass is 9.81. The van der Waals surface area contributed by atoms with Gasteiger partial charge in [0, 0.05) is 0 Å². The van der Waals surface area contributed by atoms with E-state index in [1.165, 1.54) is 0 Å². The van der Waals surface area contributed by atoms with Gasteiger partial charge < -0.3 is 10.6 Å². The van der Waals surface area contributed by atoms with Crippen LogP contribution in [0.3, 0.4) is 0 Å². The number of fused-ring (bicyclic) bond motifs is 6. The lowest BCUT2D eigenvalue weighted by molar-refractivity contribution is -0.129. The molecule has 19 heavy (non-hydrogen) atoms. The molecular formula is C15H14N2O2. The Morgan fingerprint density at radius 2 is 1.32 bits per heavy atom. The molecule has 4 nitrogen and oxygen atoms in total. The van der Waals surface area contributed by atoms with Crippen molar-refractivity contribution in [3.05, 3.63) is 36.4 Å². The maximum Gasteiger partial charge on any atom is 0.228 e. The van der Waals surface area contributed by atoms with E-state index in [0.29, 0.717) is 11.4 Å². The molecule has 96 valence electrons. The molecule has 4 atom stereocenters. The van der Waals surface area contributed by atoms with Gasteiger partial charge in [0.2, 0.25) is 11.8 Å². The molecule has 0 saturated heterocycles. The fraction of sp³-hybridized carbons (Fsp3) is 0.333. The molecule has 1 fully saturated rings. The Labute approximate surface area is 110 Å². The van der Waals surface area contributed by atoms with E-state index in [4.69, 9.17) is 0 Å². The van der Waals surface area contributed by atoms with Gasteiger partial charge in [0.1, 0.15) is 0 Å². The first-order valence-electron chi connectivity index (χ1n) is 6.63. The van der Waals surface area contributed by atoms with Gasteiger partial charge in [-0.25, -0.2) is 0 Å². The van der Waals surface area contributed by atoms with E-state index >= 15 is 0 Å². The highest BCUT2D eigenvalue weighted by atomic mass is 16.2. The number of hydrogen-bond donors (Lipinski definition) is 2. The predicted octanol–water partition coefficient (Wildman–Crippen LogP) is 2.02. The topological polar surface area (TPSA) is 58.2 Å². The first kappa shape index (κ1) is 10.8. The average molecular weight is 254 g/mol. The number of carbonyl (C=O) groups excluding carboxylic acids is 2. The van der Waals surface area contributed by atoms with Crippen LogP contribution in [0, 0.1) is 23.7 Å². The van der Waals surface area contributed by atoms with Crippen LogP contribution in [0.25, 0.3) is 0 Å². The van der Waals surface area contributed by atoms with Gasteiger partial charge in [-0.3, -0.25) is 9.59 Å². The van der Waals surface area contributed by atoms with Crippen molar-refractivity contribution in [2.75, 3.05) is 10.6 Å². The molecular weight excluding hydrogens is 240 g/mol. The fourth-order valence-corrected chi connectivity index (χ4v) is 3.67. The highest BCUT2D eigenvalue weighted by Gasteiger charge is 2.52. The molecule has 0 radical (unpaired) electrons. The Hall–Kier alpha value is -2.10. The largest absolute Gasteiger partial charge is 0.324 e. The van der Waals surface area contributed by atoms with Crippen molar-refractivity contribution < 1.29 is 9.59 Å². The molecule has 0 spiro atoms.